The Morgan fingerprint density at radius 1 is 1.29 bits per heavy atom. The summed E-state index contributed by atoms with van der Waals surface area (Å²) in [6, 6.07) is 5.97. The molecule has 0 spiro atoms. The highest BCUT2D eigenvalue weighted by molar-refractivity contribution is 9.10. The lowest BCUT2D eigenvalue weighted by Crippen LogP contribution is -2.15. The van der Waals surface area contributed by atoms with Crippen molar-refractivity contribution in [3.63, 3.8) is 0 Å². The minimum Gasteiger partial charge on any atom is -0.497 e. The van der Waals surface area contributed by atoms with Gasteiger partial charge in [0.2, 0.25) is 0 Å². The molecule has 0 radical (unpaired) electrons. The molecule has 1 rings (SSSR count). The number of hydrogen-bond acceptors (Lipinski definition) is 3. The molecule has 0 amide bonds. The van der Waals surface area contributed by atoms with E-state index in [1.807, 2.05) is 18.2 Å². The number of benzene rings is 1. The van der Waals surface area contributed by atoms with Crippen LogP contribution in [0, 0.1) is 0 Å². The molecule has 0 aliphatic carbocycles. The van der Waals surface area contributed by atoms with Crippen LogP contribution in [0.25, 0.3) is 0 Å². The van der Waals surface area contributed by atoms with Crippen LogP contribution >= 0.6 is 15.9 Å². The first-order valence-corrected chi connectivity index (χ1v) is 6.71. The lowest BCUT2D eigenvalue weighted by atomic mass is 10.2. The Bertz CT molecular complexity index is 331. The fraction of sp³-hybridized carbons (Fsp3) is 0.538. The van der Waals surface area contributed by atoms with Gasteiger partial charge >= 0.3 is 0 Å². The molecule has 4 heteroatoms. The van der Waals surface area contributed by atoms with Gasteiger partial charge in [-0.2, -0.15) is 0 Å². The quantitative estimate of drug-likeness (QED) is 0.726. The topological polar surface area (TPSA) is 41.5 Å². The Balaban J connectivity index is 2.30. The zero-order valence-electron chi connectivity index (χ0n) is 10.2. The third kappa shape index (κ3) is 5.52. The molecule has 0 fully saturated rings. The third-order valence-electron chi connectivity index (χ3n) is 2.58. The number of hydrogen-bond donors (Lipinski definition) is 2. The lowest BCUT2D eigenvalue weighted by Gasteiger charge is -2.08. The Hall–Kier alpha value is -0.580. The first kappa shape index (κ1) is 14.5. The lowest BCUT2D eigenvalue weighted by molar-refractivity contribution is 0.283. The van der Waals surface area contributed by atoms with Crippen LogP contribution in [0.4, 0.5) is 0 Å². The standard InChI is InChI=1S/C13H20BrNO2/c1-17-12-5-6-13(14)11(9-12)10-15-7-3-2-4-8-16/h5-6,9,15-16H,2-4,7-8,10H2,1H3. The largest absolute Gasteiger partial charge is 0.497 e. The SMILES string of the molecule is COc1ccc(Br)c(CNCCCCCO)c1. The van der Waals surface area contributed by atoms with Gasteiger partial charge < -0.3 is 15.2 Å². The fourth-order valence-corrected chi connectivity index (χ4v) is 1.96. The van der Waals surface area contributed by atoms with Crippen LogP contribution in [0.5, 0.6) is 5.75 Å². The van der Waals surface area contributed by atoms with Gasteiger partial charge in [0.15, 0.2) is 0 Å². The second-order valence-electron chi connectivity index (χ2n) is 3.92. The average Bonchev–Trinajstić information content (AvgIpc) is 2.35. The molecule has 0 heterocycles. The van der Waals surface area contributed by atoms with Crippen molar-refractivity contribution in [3.8, 4) is 5.75 Å². The predicted octanol–water partition coefficient (Wildman–Crippen LogP) is 2.71. The molecule has 3 nitrogen and oxygen atoms in total. The number of rotatable bonds is 8. The molecule has 0 saturated carbocycles. The van der Waals surface area contributed by atoms with Crippen LogP contribution < -0.4 is 10.1 Å². The number of aliphatic hydroxyl groups is 1. The molecule has 0 aliphatic heterocycles. The summed E-state index contributed by atoms with van der Waals surface area (Å²) in [6.07, 6.45) is 3.06. The maximum absolute atomic E-state index is 8.65. The van der Waals surface area contributed by atoms with E-state index in [4.69, 9.17) is 9.84 Å². The summed E-state index contributed by atoms with van der Waals surface area (Å²) in [5.41, 5.74) is 1.20. The van der Waals surface area contributed by atoms with E-state index in [1.165, 1.54) is 5.56 Å². The molecule has 96 valence electrons. The molecule has 0 aliphatic rings. The number of halogens is 1. The molecule has 1 aromatic carbocycles. The van der Waals surface area contributed by atoms with Crippen molar-refractivity contribution in [1.29, 1.82) is 0 Å². The average molecular weight is 302 g/mol. The minimum atomic E-state index is 0.293. The van der Waals surface area contributed by atoms with E-state index >= 15 is 0 Å². The van der Waals surface area contributed by atoms with E-state index in [0.717, 1.165) is 42.6 Å². The second kappa shape index (κ2) is 8.50. The van der Waals surface area contributed by atoms with Crippen molar-refractivity contribution >= 4 is 15.9 Å². The van der Waals surface area contributed by atoms with Crippen LogP contribution in [0.15, 0.2) is 22.7 Å². The van der Waals surface area contributed by atoms with E-state index in [2.05, 4.69) is 21.2 Å². The highest BCUT2D eigenvalue weighted by atomic mass is 79.9. The van der Waals surface area contributed by atoms with Gasteiger partial charge in [-0.3, -0.25) is 0 Å². The van der Waals surface area contributed by atoms with Crippen molar-refractivity contribution < 1.29 is 9.84 Å². The van der Waals surface area contributed by atoms with Crippen LogP contribution in [-0.2, 0) is 6.54 Å². The normalized spacial score (nSPS) is 10.5. The Morgan fingerprint density at radius 2 is 2.12 bits per heavy atom. The van der Waals surface area contributed by atoms with Gasteiger partial charge in [0.05, 0.1) is 7.11 Å². The van der Waals surface area contributed by atoms with Crippen molar-refractivity contribution in [2.24, 2.45) is 0 Å². The van der Waals surface area contributed by atoms with Gasteiger partial charge in [-0.25, -0.2) is 0 Å². The van der Waals surface area contributed by atoms with Gasteiger partial charge in [-0.05, 0) is 49.6 Å². The van der Waals surface area contributed by atoms with Gasteiger partial charge in [0, 0.05) is 17.6 Å². The summed E-state index contributed by atoms with van der Waals surface area (Å²) in [6.45, 7) is 2.10. The molecule has 1 aromatic rings. The number of methoxy groups -OCH3 is 1. The van der Waals surface area contributed by atoms with E-state index in [-0.39, 0.29) is 0 Å². The first-order chi connectivity index (χ1) is 8.27. The summed E-state index contributed by atoms with van der Waals surface area (Å²) < 4.78 is 6.29. The van der Waals surface area contributed by atoms with E-state index in [1.54, 1.807) is 7.11 Å². The maximum Gasteiger partial charge on any atom is 0.119 e. The molecular formula is C13H20BrNO2. The Morgan fingerprint density at radius 3 is 2.82 bits per heavy atom. The van der Waals surface area contributed by atoms with E-state index < -0.39 is 0 Å². The summed E-state index contributed by atoms with van der Waals surface area (Å²) in [5.74, 6) is 0.880. The van der Waals surface area contributed by atoms with Crippen molar-refractivity contribution in [3.05, 3.63) is 28.2 Å². The number of nitrogens with one attached hydrogen (secondary N) is 1. The first-order valence-electron chi connectivity index (χ1n) is 5.92. The van der Waals surface area contributed by atoms with E-state index in [9.17, 15) is 0 Å². The molecule has 17 heavy (non-hydrogen) atoms. The van der Waals surface area contributed by atoms with Gasteiger partial charge in [0.25, 0.3) is 0 Å². The smallest absolute Gasteiger partial charge is 0.119 e. The second-order valence-corrected chi connectivity index (χ2v) is 4.77. The van der Waals surface area contributed by atoms with E-state index in [0.29, 0.717) is 6.61 Å². The van der Waals surface area contributed by atoms with Crippen LogP contribution in [-0.4, -0.2) is 25.4 Å². The molecule has 0 atom stereocenters. The van der Waals surface area contributed by atoms with Crippen LogP contribution in [0.1, 0.15) is 24.8 Å². The zero-order valence-corrected chi connectivity index (χ0v) is 11.8. The molecule has 0 saturated heterocycles. The van der Waals surface area contributed by atoms with Crippen molar-refractivity contribution in [2.45, 2.75) is 25.8 Å². The summed E-state index contributed by atoms with van der Waals surface area (Å²) >= 11 is 3.53. The zero-order chi connectivity index (χ0) is 12.5. The molecule has 0 bridgehead atoms. The summed E-state index contributed by atoms with van der Waals surface area (Å²) in [5, 5.41) is 12.0. The fourth-order valence-electron chi connectivity index (χ4n) is 1.58. The number of unbranched alkanes of at least 4 members (excludes halogenated alkanes) is 2. The predicted molar refractivity (Wildman–Crippen MR) is 73.3 cm³/mol. The molecule has 2 N–H and O–H groups in total. The highest BCUT2D eigenvalue weighted by Crippen LogP contribution is 2.22. The highest BCUT2D eigenvalue weighted by Gasteiger charge is 2.01. The summed E-state index contributed by atoms with van der Waals surface area (Å²) in [4.78, 5) is 0. The van der Waals surface area contributed by atoms with Gasteiger partial charge in [-0.15, -0.1) is 0 Å². The minimum absolute atomic E-state index is 0.293. The summed E-state index contributed by atoms with van der Waals surface area (Å²) in [7, 11) is 1.68. The van der Waals surface area contributed by atoms with Crippen LogP contribution in [0.3, 0.4) is 0 Å². The van der Waals surface area contributed by atoms with Crippen molar-refractivity contribution in [1.82, 2.24) is 5.32 Å². The van der Waals surface area contributed by atoms with Gasteiger partial charge in [0.1, 0.15) is 5.75 Å². The number of ether oxygens (including phenoxy) is 1. The van der Waals surface area contributed by atoms with Crippen molar-refractivity contribution in [2.75, 3.05) is 20.3 Å². The van der Waals surface area contributed by atoms with Crippen LogP contribution in [0.2, 0.25) is 0 Å². The van der Waals surface area contributed by atoms with Gasteiger partial charge in [-0.1, -0.05) is 15.9 Å². The molecule has 0 aromatic heterocycles. The Kier molecular flexibility index (Phi) is 7.24. The Labute approximate surface area is 111 Å². The molecular weight excluding hydrogens is 282 g/mol. The maximum atomic E-state index is 8.65. The third-order valence-corrected chi connectivity index (χ3v) is 3.35. The number of aliphatic hydroxyl groups excluding tert-OH is 1. The molecule has 0 unspecified atom stereocenters. The monoisotopic (exact) mass is 301 g/mol.